The van der Waals surface area contributed by atoms with Crippen molar-refractivity contribution in [2.45, 2.75) is 24.9 Å². The van der Waals surface area contributed by atoms with Crippen LogP contribution in [0.3, 0.4) is 0 Å². The van der Waals surface area contributed by atoms with E-state index in [0.717, 1.165) is 27.9 Å². The molecule has 6 nitrogen and oxygen atoms in total. The van der Waals surface area contributed by atoms with Crippen LogP contribution in [0.25, 0.3) is 10.9 Å². The highest BCUT2D eigenvalue weighted by Gasteiger charge is 2.53. The summed E-state index contributed by atoms with van der Waals surface area (Å²) in [5.41, 5.74) is 3.73. The fourth-order valence-corrected chi connectivity index (χ4v) is 5.31. The van der Waals surface area contributed by atoms with Crippen molar-refractivity contribution in [3.63, 3.8) is 0 Å². The van der Waals surface area contributed by atoms with Crippen LogP contribution in [-0.2, 0) is 16.8 Å². The van der Waals surface area contributed by atoms with Crippen LogP contribution in [-0.4, -0.2) is 59.1 Å². The van der Waals surface area contributed by atoms with Crippen LogP contribution in [0.1, 0.15) is 29.8 Å². The van der Waals surface area contributed by atoms with Gasteiger partial charge in [0.15, 0.2) is 0 Å². The molecule has 1 saturated heterocycles. The molecule has 31 heavy (non-hydrogen) atoms. The standard InChI is InChI=1S/C24H26FN3O3/c1-15(30)28-13-24(14-28)12-27(10-16-4-3-5-17(25)8-16)21(11-29)23-22(24)19-7-6-18(31-2)9-20(19)26-23/h3-9,21,26,29H,10-14H2,1-2H3/t21-/m0/s1. The highest BCUT2D eigenvalue weighted by atomic mass is 19.1. The SMILES string of the molecule is COc1ccc2c3c([nH]c2c1)[C@H](CO)N(Cc1cccc(F)c1)CC31CN(C(C)=O)C1. The van der Waals surface area contributed by atoms with Crippen LogP contribution < -0.4 is 4.74 Å². The molecule has 0 saturated carbocycles. The molecule has 5 rings (SSSR count). The molecule has 0 bridgehead atoms. The number of hydrogen-bond acceptors (Lipinski definition) is 4. The van der Waals surface area contributed by atoms with E-state index in [0.29, 0.717) is 26.2 Å². The van der Waals surface area contributed by atoms with Crippen LogP contribution >= 0.6 is 0 Å². The Morgan fingerprint density at radius 2 is 2.06 bits per heavy atom. The van der Waals surface area contributed by atoms with Crippen molar-refractivity contribution in [2.75, 3.05) is 33.4 Å². The number of methoxy groups -OCH3 is 1. The van der Waals surface area contributed by atoms with Crippen LogP contribution in [0, 0.1) is 5.82 Å². The summed E-state index contributed by atoms with van der Waals surface area (Å²) in [5, 5.41) is 11.4. The summed E-state index contributed by atoms with van der Waals surface area (Å²) in [6.45, 7) is 4.00. The molecule has 1 amide bonds. The van der Waals surface area contributed by atoms with E-state index in [1.165, 1.54) is 17.7 Å². The number of rotatable bonds is 4. The van der Waals surface area contributed by atoms with Gasteiger partial charge in [-0.2, -0.15) is 0 Å². The lowest BCUT2D eigenvalue weighted by molar-refractivity contribution is -0.138. The van der Waals surface area contributed by atoms with E-state index in [4.69, 9.17) is 4.74 Å². The minimum atomic E-state index is -0.269. The average molecular weight is 423 g/mol. The molecule has 1 aromatic heterocycles. The molecule has 2 aromatic carbocycles. The summed E-state index contributed by atoms with van der Waals surface area (Å²) < 4.78 is 19.2. The zero-order valence-electron chi connectivity index (χ0n) is 17.7. The van der Waals surface area contributed by atoms with E-state index >= 15 is 0 Å². The van der Waals surface area contributed by atoms with E-state index in [1.54, 1.807) is 20.1 Å². The zero-order valence-corrected chi connectivity index (χ0v) is 17.7. The van der Waals surface area contributed by atoms with E-state index in [-0.39, 0.29) is 29.8 Å². The molecular weight excluding hydrogens is 397 g/mol. The zero-order chi connectivity index (χ0) is 21.8. The van der Waals surface area contributed by atoms with Crippen LogP contribution in [0.4, 0.5) is 4.39 Å². The number of hydrogen-bond donors (Lipinski definition) is 2. The van der Waals surface area contributed by atoms with Crippen LogP contribution in [0.2, 0.25) is 0 Å². The van der Waals surface area contributed by atoms with E-state index in [2.05, 4.69) is 16.0 Å². The Morgan fingerprint density at radius 1 is 1.26 bits per heavy atom. The Hall–Kier alpha value is -2.90. The molecule has 1 fully saturated rings. The van der Waals surface area contributed by atoms with Gasteiger partial charge in [-0.25, -0.2) is 4.39 Å². The number of carbonyl (C=O) groups is 1. The summed E-state index contributed by atoms with van der Waals surface area (Å²) in [5.74, 6) is 0.556. The minimum absolute atomic E-state index is 0.0568. The maximum atomic E-state index is 13.8. The Bertz CT molecular complexity index is 1150. The molecule has 1 spiro atoms. The molecule has 3 aromatic rings. The number of nitrogens with zero attached hydrogens (tertiary/aromatic N) is 2. The number of fused-ring (bicyclic) bond motifs is 4. The lowest BCUT2D eigenvalue weighted by Crippen LogP contribution is -2.67. The maximum Gasteiger partial charge on any atom is 0.219 e. The van der Waals surface area contributed by atoms with Crippen LogP contribution in [0.5, 0.6) is 5.75 Å². The Labute approximate surface area is 180 Å². The van der Waals surface area contributed by atoms with Gasteiger partial charge in [-0.15, -0.1) is 0 Å². The van der Waals surface area contributed by atoms with Crippen molar-refractivity contribution >= 4 is 16.8 Å². The highest BCUT2D eigenvalue weighted by molar-refractivity contribution is 5.88. The Morgan fingerprint density at radius 3 is 2.74 bits per heavy atom. The summed E-state index contributed by atoms with van der Waals surface area (Å²) >= 11 is 0. The van der Waals surface area contributed by atoms with Gasteiger partial charge in [0.05, 0.1) is 19.8 Å². The van der Waals surface area contributed by atoms with Crippen molar-refractivity contribution in [2.24, 2.45) is 0 Å². The highest BCUT2D eigenvalue weighted by Crippen LogP contribution is 2.48. The van der Waals surface area contributed by atoms with E-state index in [9.17, 15) is 14.3 Å². The topological polar surface area (TPSA) is 68.8 Å². The second kappa shape index (κ2) is 7.35. The predicted octanol–water partition coefficient (Wildman–Crippen LogP) is 2.96. The molecule has 2 aliphatic heterocycles. The predicted molar refractivity (Wildman–Crippen MR) is 115 cm³/mol. The van der Waals surface area contributed by atoms with Gasteiger partial charge in [0.25, 0.3) is 0 Å². The molecule has 0 radical (unpaired) electrons. The molecular formula is C24H26FN3O3. The first-order valence-corrected chi connectivity index (χ1v) is 10.5. The first-order chi connectivity index (χ1) is 14.9. The molecule has 0 unspecified atom stereocenters. The van der Waals surface area contributed by atoms with Crippen molar-refractivity contribution in [1.82, 2.24) is 14.8 Å². The van der Waals surface area contributed by atoms with Crippen molar-refractivity contribution in [3.8, 4) is 5.75 Å². The molecule has 162 valence electrons. The number of amides is 1. The fourth-order valence-electron chi connectivity index (χ4n) is 5.31. The third-order valence-corrected chi connectivity index (χ3v) is 6.72. The average Bonchev–Trinajstić information content (AvgIpc) is 3.10. The molecule has 2 N–H and O–H groups in total. The van der Waals surface area contributed by atoms with Crippen molar-refractivity contribution < 1.29 is 19.0 Å². The first-order valence-electron chi connectivity index (χ1n) is 10.5. The molecule has 7 heteroatoms. The van der Waals surface area contributed by atoms with Gasteiger partial charge in [0, 0.05) is 61.2 Å². The molecule has 0 aliphatic carbocycles. The number of ether oxygens (including phenoxy) is 1. The third kappa shape index (κ3) is 3.20. The summed E-state index contributed by atoms with van der Waals surface area (Å²) in [6.07, 6.45) is 0. The van der Waals surface area contributed by atoms with Crippen molar-refractivity contribution in [3.05, 3.63) is 65.1 Å². The number of nitrogens with one attached hydrogen (secondary N) is 1. The van der Waals surface area contributed by atoms with Crippen molar-refractivity contribution in [1.29, 1.82) is 0 Å². The number of halogens is 1. The Kier molecular flexibility index (Phi) is 4.75. The van der Waals surface area contributed by atoms with Gasteiger partial charge < -0.3 is 19.7 Å². The first kappa shape index (κ1) is 20.0. The van der Waals surface area contributed by atoms with Gasteiger partial charge in [-0.05, 0) is 35.4 Å². The van der Waals surface area contributed by atoms with E-state index < -0.39 is 0 Å². The van der Waals surface area contributed by atoms with Gasteiger partial charge in [-0.1, -0.05) is 12.1 Å². The molecule has 1 atom stereocenters. The van der Waals surface area contributed by atoms with E-state index in [1.807, 2.05) is 23.1 Å². The Balaban J connectivity index is 1.61. The van der Waals surface area contributed by atoms with Gasteiger partial charge in [0.2, 0.25) is 5.91 Å². The minimum Gasteiger partial charge on any atom is -0.497 e. The van der Waals surface area contributed by atoms with Crippen LogP contribution in [0.15, 0.2) is 42.5 Å². The number of aliphatic hydroxyl groups is 1. The largest absolute Gasteiger partial charge is 0.497 e. The smallest absolute Gasteiger partial charge is 0.219 e. The number of aromatic nitrogens is 1. The van der Waals surface area contributed by atoms with Gasteiger partial charge >= 0.3 is 0 Å². The third-order valence-electron chi connectivity index (χ3n) is 6.72. The van der Waals surface area contributed by atoms with Gasteiger partial charge in [0.1, 0.15) is 11.6 Å². The number of benzene rings is 2. The quantitative estimate of drug-likeness (QED) is 0.677. The summed E-state index contributed by atoms with van der Waals surface area (Å²) in [4.78, 5) is 19.6. The molecule has 3 heterocycles. The number of aliphatic hydroxyl groups excluding tert-OH is 1. The normalized spacial score (nSPS) is 20.0. The molecule has 2 aliphatic rings. The fraction of sp³-hybridized carbons (Fsp3) is 0.375. The van der Waals surface area contributed by atoms with Gasteiger partial charge in [-0.3, -0.25) is 9.69 Å². The maximum absolute atomic E-state index is 13.8. The monoisotopic (exact) mass is 423 g/mol. The number of aromatic amines is 1. The number of carbonyl (C=O) groups excluding carboxylic acids is 1. The number of H-pyrrole nitrogens is 1. The summed E-state index contributed by atoms with van der Waals surface area (Å²) in [6, 6.07) is 12.3. The second-order valence-electron chi connectivity index (χ2n) is 8.71. The number of likely N-dealkylation sites (tertiary alicyclic amines) is 1. The second-order valence-corrected chi connectivity index (χ2v) is 8.71. The lowest BCUT2D eigenvalue weighted by Gasteiger charge is -2.56. The lowest BCUT2D eigenvalue weighted by atomic mass is 9.68. The summed E-state index contributed by atoms with van der Waals surface area (Å²) in [7, 11) is 1.64.